The van der Waals surface area contributed by atoms with Crippen molar-refractivity contribution in [1.82, 2.24) is 9.97 Å². The van der Waals surface area contributed by atoms with Gasteiger partial charge in [-0.15, -0.1) is 0 Å². The SMILES string of the molecule is Cc1cccc(-c2cc(-c3ccc4c(c3)OCO4)nc(N)n2)c1. The van der Waals surface area contributed by atoms with Gasteiger partial charge in [-0.25, -0.2) is 9.97 Å². The molecule has 0 saturated heterocycles. The average Bonchev–Trinajstić information content (AvgIpc) is 3.02. The quantitative estimate of drug-likeness (QED) is 0.785. The summed E-state index contributed by atoms with van der Waals surface area (Å²) in [5.41, 5.74) is 10.6. The van der Waals surface area contributed by atoms with E-state index < -0.39 is 0 Å². The van der Waals surface area contributed by atoms with E-state index in [0.717, 1.165) is 34.0 Å². The lowest BCUT2D eigenvalue weighted by molar-refractivity contribution is 0.174. The molecule has 2 heterocycles. The molecule has 2 N–H and O–H groups in total. The van der Waals surface area contributed by atoms with Crippen LogP contribution >= 0.6 is 0 Å². The first-order valence-corrected chi connectivity index (χ1v) is 7.31. The van der Waals surface area contributed by atoms with Gasteiger partial charge in [-0.05, 0) is 37.3 Å². The van der Waals surface area contributed by atoms with Crippen LogP contribution in [0, 0.1) is 6.92 Å². The summed E-state index contributed by atoms with van der Waals surface area (Å²) in [5.74, 6) is 1.71. The topological polar surface area (TPSA) is 70.3 Å². The highest BCUT2D eigenvalue weighted by Gasteiger charge is 2.15. The first-order chi connectivity index (χ1) is 11.2. The number of aromatic nitrogens is 2. The van der Waals surface area contributed by atoms with Gasteiger partial charge < -0.3 is 15.2 Å². The van der Waals surface area contributed by atoms with E-state index >= 15 is 0 Å². The van der Waals surface area contributed by atoms with Crippen LogP contribution < -0.4 is 15.2 Å². The van der Waals surface area contributed by atoms with Crippen LogP contribution in [0.2, 0.25) is 0 Å². The van der Waals surface area contributed by atoms with Crippen molar-refractivity contribution in [2.75, 3.05) is 12.5 Å². The van der Waals surface area contributed by atoms with Crippen LogP contribution in [-0.2, 0) is 0 Å². The Bertz CT molecular complexity index is 893. The number of rotatable bonds is 2. The van der Waals surface area contributed by atoms with E-state index in [-0.39, 0.29) is 12.7 Å². The molecule has 0 amide bonds. The first-order valence-electron chi connectivity index (χ1n) is 7.31. The minimum atomic E-state index is 0.247. The Morgan fingerprint density at radius 1 is 0.870 bits per heavy atom. The van der Waals surface area contributed by atoms with Gasteiger partial charge in [0.25, 0.3) is 0 Å². The van der Waals surface area contributed by atoms with E-state index in [4.69, 9.17) is 15.2 Å². The van der Waals surface area contributed by atoms with E-state index in [0.29, 0.717) is 0 Å². The number of nitrogen functional groups attached to an aromatic ring is 1. The summed E-state index contributed by atoms with van der Waals surface area (Å²) >= 11 is 0. The summed E-state index contributed by atoms with van der Waals surface area (Å²) in [6, 6.07) is 15.8. The highest BCUT2D eigenvalue weighted by molar-refractivity contribution is 5.71. The molecule has 0 fully saturated rings. The molecule has 0 saturated carbocycles. The van der Waals surface area contributed by atoms with Gasteiger partial charge in [-0.1, -0.05) is 23.8 Å². The summed E-state index contributed by atoms with van der Waals surface area (Å²) in [5, 5.41) is 0. The normalized spacial score (nSPS) is 12.4. The number of ether oxygens (including phenoxy) is 2. The van der Waals surface area contributed by atoms with Crippen molar-refractivity contribution < 1.29 is 9.47 Å². The van der Waals surface area contributed by atoms with Crippen molar-refractivity contribution in [2.45, 2.75) is 6.92 Å². The Balaban J connectivity index is 1.81. The third kappa shape index (κ3) is 2.57. The molecule has 0 unspecified atom stereocenters. The maximum Gasteiger partial charge on any atom is 0.231 e. The highest BCUT2D eigenvalue weighted by Crippen LogP contribution is 2.36. The van der Waals surface area contributed by atoms with Crippen LogP contribution in [-0.4, -0.2) is 16.8 Å². The van der Waals surface area contributed by atoms with Crippen LogP contribution in [0.1, 0.15) is 5.56 Å². The van der Waals surface area contributed by atoms with E-state index in [1.54, 1.807) is 0 Å². The summed E-state index contributed by atoms with van der Waals surface area (Å²) < 4.78 is 10.8. The largest absolute Gasteiger partial charge is 0.454 e. The smallest absolute Gasteiger partial charge is 0.231 e. The third-order valence-electron chi connectivity index (χ3n) is 3.73. The van der Waals surface area contributed by atoms with Gasteiger partial charge in [-0.3, -0.25) is 0 Å². The zero-order chi connectivity index (χ0) is 15.8. The van der Waals surface area contributed by atoms with Crippen LogP contribution in [0.4, 0.5) is 5.95 Å². The molecule has 2 aromatic carbocycles. The predicted molar refractivity (Wildman–Crippen MR) is 88.2 cm³/mol. The summed E-state index contributed by atoms with van der Waals surface area (Å²) in [4.78, 5) is 8.70. The lowest BCUT2D eigenvalue weighted by atomic mass is 10.1. The van der Waals surface area contributed by atoms with Gasteiger partial charge in [0.15, 0.2) is 11.5 Å². The number of aryl methyl sites for hydroxylation is 1. The van der Waals surface area contributed by atoms with Gasteiger partial charge in [0.2, 0.25) is 12.7 Å². The summed E-state index contributed by atoms with van der Waals surface area (Å²) in [7, 11) is 0. The van der Waals surface area contributed by atoms with Crippen molar-refractivity contribution in [3.8, 4) is 34.0 Å². The highest BCUT2D eigenvalue weighted by atomic mass is 16.7. The molecule has 1 aliphatic heterocycles. The first kappa shape index (κ1) is 13.6. The lowest BCUT2D eigenvalue weighted by Gasteiger charge is -2.08. The van der Waals surface area contributed by atoms with Gasteiger partial charge in [0.1, 0.15) is 0 Å². The van der Waals surface area contributed by atoms with Gasteiger partial charge >= 0.3 is 0 Å². The van der Waals surface area contributed by atoms with Crippen LogP contribution in [0.25, 0.3) is 22.5 Å². The minimum absolute atomic E-state index is 0.247. The zero-order valence-corrected chi connectivity index (χ0v) is 12.6. The second-order valence-corrected chi connectivity index (χ2v) is 5.43. The van der Waals surface area contributed by atoms with E-state index in [2.05, 4.69) is 16.0 Å². The van der Waals surface area contributed by atoms with Gasteiger partial charge in [0.05, 0.1) is 11.4 Å². The molecular formula is C18H15N3O2. The zero-order valence-electron chi connectivity index (χ0n) is 12.6. The number of hydrogen-bond donors (Lipinski definition) is 1. The second kappa shape index (κ2) is 5.28. The molecule has 3 aromatic rings. The maximum absolute atomic E-state index is 5.91. The monoisotopic (exact) mass is 305 g/mol. The molecule has 1 aliphatic rings. The van der Waals surface area contributed by atoms with Crippen LogP contribution in [0.5, 0.6) is 11.5 Å². The lowest BCUT2D eigenvalue weighted by Crippen LogP contribution is -1.98. The fourth-order valence-electron chi connectivity index (χ4n) is 2.62. The number of hydrogen-bond acceptors (Lipinski definition) is 5. The third-order valence-corrected chi connectivity index (χ3v) is 3.73. The second-order valence-electron chi connectivity index (χ2n) is 5.43. The Kier molecular flexibility index (Phi) is 3.12. The molecule has 114 valence electrons. The molecule has 0 radical (unpaired) electrons. The van der Waals surface area contributed by atoms with Gasteiger partial charge in [-0.2, -0.15) is 0 Å². The van der Waals surface area contributed by atoms with Crippen molar-refractivity contribution in [2.24, 2.45) is 0 Å². The van der Waals surface area contributed by atoms with Crippen LogP contribution in [0.3, 0.4) is 0 Å². The molecule has 0 spiro atoms. The molecule has 23 heavy (non-hydrogen) atoms. The number of anilines is 1. The summed E-state index contributed by atoms with van der Waals surface area (Å²) in [6.45, 7) is 2.30. The summed E-state index contributed by atoms with van der Waals surface area (Å²) in [6.07, 6.45) is 0. The molecule has 0 bridgehead atoms. The van der Waals surface area contributed by atoms with Crippen molar-refractivity contribution in [3.63, 3.8) is 0 Å². The minimum Gasteiger partial charge on any atom is -0.454 e. The van der Waals surface area contributed by atoms with Crippen molar-refractivity contribution >= 4 is 5.95 Å². The van der Waals surface area contributed by atoms with Crippen molar-refractivity contribution in [1.29, 1.82) is 0 Å². The molecule has 5 heteroatoms. The van der Waals surface area contributed by atoms with Crippen molar-refractivity contribution in [3.05, 3.63) is 54.1 Å². The fraction of sp³-hybridized carbons (Fsp3) is 0.111. The van der Waals surface area contributed by atoms with Gasteiger partial charge in [0, 0.05) is 11.1 Å². The Labute approximate surface area is 133 Å². The number of benzene rings is 2. The van der Waals surface area contributed by atoms with E-state index in [1.807, 2.05) is 49.4 Å². The van der Waals surface area contributed by atoms with E-state index in [9.17, 15) is 0 Å². The Morgan fingerprint density at radius 2 is 1.61 bits per heavy atom. The number of nitrogens with two attached hydrogens (primary N) is 1. The molecule has 4 rings (SSSR count). The standard InChI is InChI=1S/C18H15N3O2/c1-11-3-2-4-12(7-11)14-9-15(21-18(19)20-14)13-5-6-16-17(8-13)23-10-22-16/h2-9H,10H2,1H3,(H2,19,20,21). The fourth-order valence-corrected chi connectivity index (χ4v) is 2.62. The molecule has 0 atom stereocenters. The molecule has 5 nitrogen and oxygen atoms in total. The molecular weight excluding hydrogens is 290 g/mol. The Hall–Kier alpha value is -3.08. The number of nitrogens with zero attached hydrogens (tertiary/aromatic N) is 2. The Morgan fingerprint density at radius 3 is 2.39 bits per heavy atom. The number of fused-ring (bicyclic) bond motifs is 1. The predicted octanol–water partition coefficient (Wildman–Crippen LogP) is 3.43. The van der Waals surface area contributed by atoms with E-state index in [1.165, 1.54) is 5.56 Å². The maximum atomic E-state index is 5.91. The average molecular weight is 305 g/mol. The van der Waals surface area contributed by atoms with Crippen LogP contribution in [0.15, 0.2) is 48.5 Å². The molecule has 0 aliphatic carbocycles. The molecule has 1 aromatic heterocycles.